The molecule has 0 spiro atoms. The summed E-state index contributed by atoms with van der Waals surface area (Å²) in [5, 5.41) is 14.6. The van der Waals surface area contributed by atoms with Gasteiger partial charge in [-0.3, -0.25) is 0 Å². The molecule has 0 unspecified atom stereocenters. The second-order valence-electron chi connectivity index (χ2n) is 5.31. The van der Waals surface area contributed by atoms with Crippen LogP contribution < -0.4 is 10.6 Å². The van der Waals surface area contributed by atoms with Crippen LogP contribution in [0.1, 0.15) is 27.9 Å². The molecule has 1 aromatic carbocycles. The Kier molecular flexibility index (Phi) is 6.17. The van der Waals surface area contributed by atoms with Crippen molar-refractivity contribution in [3.8, 4) is 0 Å². The Hall–Kier alpha value is -2.08. The molecule has 0 aromatic heterocycles. The summed E-state index contributed by atoms with van der Waals surface area (Å²) in [6.07, 6.45) is 0.855. The molecule has 0 aliphatic carbocycles. The maximum Gasteiger partial charge on any atom is 0.336 e. The van der Waals surface area contributed by atoms with Crippen molar-refractivity contribution in [2.75, 3.05) is 32.5 Å². The number of hydrogen-bond acceptors (Lipinski definition) is 3. The summed E-state index contributed by atoms with van der Waals surface area (Å²) >= 11 is 0. The number of aryl methyl sites for hydroxylation is 1. The number of benzene rings is 1. The van der Waals surface area contributed by atoms with E-state index in [9.17, 15) is 9.59 Å². The van der Waals surface area contributed by atoms with E-state index < -0.39 is 5.97 Å². The zero-order chi connectivity index (χ0) is 16.0. The molecule has 1 rings (SSSR count). The normalized spacial score (nSPS) is 10.5. The number of urea groups is 1. The molecule has 0 fully saturated rings. The first kappa shape index (κ1) is 17.0. The zero-order valence-electron chi connectivity index (χ0n) is 13.0. The molecule has 0 saturated carbocycles. The van der Waals surface area contributed by atoms with Gasteiger partial charge in [0.1, 0.15) is 0 Å². The number of aromatic carboxylic acids is 1. The Balaban J connectivity index is 2.62. The van der Waals surface area contributed by atoms with Gasteiger partial charge in [0, 0.05) is 12.2 Å². The Morgan fingerprint density at radius 1 is 1.24 bits per heavy atom. The van der Waals surface area contributed by atoms with Gasteiger partial charge in [-0.05, 0) is 64.2 Å². The molecule has 0 aliphatic rings. The molecule has 0 heterocycles. The second kappa shape index (κ2) is 7.64. The van der Waals surface area contributed by atoms with Crippen LogP contribution in [0.2, 0.25) is 0 Å². The van der Waals surface area contributed by atoms with Crippen LogP contribution in [-0.2, 0) is 0 Å². The molecule has 0 bridgehead atoms. The maximum atomic E-state index is 11.8. The average Bonchev–Trinajstić information content (AvgIpc) is 2.38. The largest absolute Gasteiger partial charge is 0.478 e. The maximum absolute atomic E-state index is 11.8. The number of carbonyl (C=O) groups is 2. The van der Waals surface area contributed by atoms with Crippen LogP contribution in [0, 0.1) is 13.8 Å². The van der Waals surface area contributed by atoms with E-state index in [4.69, 9.17) is 5.11 Å². The van der Waals surface area contributed by atoms with E-state index in [1.54, 1.807) is 13.0 Å². The Morgan fingerprint density at radius 3 is 2.48 bits per heavy atom. The molecule has 6 nitrogen and oxygen atoms in total. The van der Waals surface area contributed by atoms with Crippen molar-refractivity contribution < 1.29 is 14.7 Å². The van der Waals surface area contributed by atoms with Gasteiger partial charge in [0.05, 0.1) is 5.56 Å². The highest BCUT2D eigenvalue weighted by molar-refractivity contribution is 5.94. The van der Waals surface area contributed by atoms with Crippen molar-refractivity contribution in [2.45, 2.75) is 20.3 Å². The van der Waals surface area contributed by atoms with Gasteiger partial charge < -0.3 is 20.6 Å². The summed E-state index contributed by atoms with van der Waals surface area (Å²) in [4.78, 5) is 24.9. The minimum absolute atomic E-state index is 0.206. The lowest BCUT2D eigenvalue weighted by Crippen LogP contribution is -2.31. The molecule has 0 aliphatic heterocycles. The summed E-state index contributed by atoms with van der Waals surface area (Å²) in [6.45, 7) is 5.04. The zero-order valence-corrected chi connectivity index (χ0v) is 13.0. The number of carboxylic acid groups (broad SMARTS) is 1. The van der Waals surface area contributed by atoms with Crippen LogP contribution >= 0.6 is 0 Å². The Morgan fingerprint density at radius 2 is 1.90 bits per heavy atom. The fourth-order valence-electron chi connectivity index (χ4n) is 1.93. The van der Waals surface area contributed by atoms with Crippen molar-refractivity contribution in [3.05, 3.63) is 28.8 Å². The van der Waals surface area contributed by atoms with Gasteiger partial charge in [-0.2, -0.15) is 0 Å². The first-order valence-electron chi connectivity index (χ1n) is 6.85. The number of carboxylic acids is 1. The lowest BCUT2D eigenvalue weighted by molar-refractivity contribution is 0.0696. The average molecular weight is 293 g/mol. The second-order valence-corrected chi connectivity index (χ2v) is 5.31. The van der Waals surface area contributed by atoms with E-state index in [1.807, 2.05) is 25.9 Å². The van der Waals surface area contributed by atoms with E-state index in [0.717, 1.165) is 18.5 Å². The minimum atomic E-state index is -0.995. The topological polar surface area (TPSA) is 81.7 Å². The summed E-state index contributed by atoms with van der Waals surface area (Å²) in [5.41, 5.74) is 2.23. The monoisotopic (exact) mass is 293 g/mol. The number of rotatable bonds is 6. The third-order valence-electron chi connectivity index (χ3n) is 3.22. The molecule has 0 radical (unpaired) electrons. The van der Waals surface area contributed by atoms with Gasteiger partial charge in [-0.1, -0.05) is 0 Å². The third-order valence-corrected chi connectivity index (χ3v) is 3.22. The SMILES string of the molecule is Cc1cc(NC(=O)NCCCN(C)C)cc(C(=O)O)c1C. The van der Waals surface area contributed by atoms with Gasteiger partial charge in [0.25, 0.3) is 0 Å². The van der Waals surface area contributed by atoms with Crippen molar-refractivity contribution >= 4 is 17.7 Å². The number of nitrogens with one attached hydrogen (secondary N) is 2. The van der Waals surface area contributed by atoms with E-state index in [2.05, 4.69) is 10.6 Å². The van der Waals surface area contributed by atoms with Gasteiger partial charge in [0.2, 0.25) is 0 Å². The lowest BCUT2D eigenvalue weighted by atomic mass is 10.0. The van der Waals surface area contributed by atoms with Crippen molar-refractivity contribution in [1.82, 2.24) is 10.2 Å². The van der Waals surface area contributed by atoms with E-state index >= 15 is 0 Å². The predicted molar refractivity (Wildman–Crippen MR) is 83.1 cm³/mol. The molecule has 3 N–H and O–H groups in total. The Bertz CT molecular complexity index is 527. The van der Waals surface area contributed by atoms with Crippen LogP contribution in [0.5, 0.6) is 0 Å². The number of carbonyl (C=O) groups excluding carboxylic acids is 1. The molecule has 0 atom stereocenters. The predicted octanol–water partition coefficient (Wildman–Crippen LogP) is 2.07. The summed E-state index contributed by atoms with van der Waals surface area (Å²) in [7, 11) is 3.95. The van der Waals surface area contributed by atoms with Gasteiger partial charge >= 0.3 is 12.0 Å². The van der Waals surface area contributed by atoms with Crippen LogP contribution in [0.25, 0.3) is 0 Å². The van der Waals surface area contributed by atoms with Gasteiger partial charge in [-0.25, -0.2) is 9.59 Å². The highest BCUT2D eigenvalue weighted by atomic mass is 16.4. The summed E-state index contributed by atoms with van der Waals surface area (Å²) in [5.74, 6) is -0.995. The molecular weight excluding hydrogens is 270 g/mol. The van der Waals surface area contributed by atoms with E-state index in [1.165, 1.54) is 6.07 Å². The number of nitrogens with zero attached hydrogens (tertiary/aromatic N) is 1. The van der Waals surface area contributed by atoms with Crippen LogP contribution in [0.15, 0.2) is 12.1 Å². The molecule has 116 valence electrons. The number of hydrogen-bond donors (Lipinski definition) is 3. The number of anilines is 1. The van der Waals surface area contributed by atoms with E-state index in [0.29, 0.717) is 17.8 Å². The third kappa shape index (κ3) is 5.43. The highest BCUT2D eigenvalue weighted by Gasteiger charge is 2.12. The molecule has 1 aromatic rings. The molecule has 21 heavy (non-hydrogen) atoms. The first-order valence-corrected chi connectivity index (χ1v) is 6.85. The Labute approximate surface area is 125 Å². The van der Waals surface area contributed by atoms with Crippen molar-refractivity contribution in [2.24, 2.45) is 0 Å². The molecule has 2 amide bonds. The van der Waals surface area contributed by atoms with Crippen molar-refractivity contribution in [1.29, 1.82) is 0 Å². The lowest BCUT2D eigenvalue weighted by Gasteiger charge is -2.12. The quantitative estimate of drug-likeness (QED) is 0.701. The minimum Gasteiger partial charge on any atom is -0.478 e. The van der Waals surface area contributed by atoms with Gasteiger partial charge in [-0.15, -0.1) is 0 Å². The highest BCUT2D eigenvalue weighted by Crippen LogP contribution is 2.20. The van der Waals surface area contributed by atoms with E-state index in [-0.39, 0.29) is 11.6 Å². The van der Waals surface area contributed by atoms with Crippen LogP contribution in [0.3, 0.4) is 0 Å². The molecular formula is C15H23N3O3. The fraction of sp³-hybridized carbons (Fsp3) is 0.467. The molecule has 0 saturated heterocycles. The fourth-order valence-corrected chi connectivity index (χ4v) is 1.93. The summed E-state index contributed by atoms with van der Waals surface area (Å²) < 4.78 is 0. The van der Waals surface area contributed by atoms with Crippen LogP contribution in [0.4, 0.5) is 10.5 Å². The van der Waals surface area contributed by atoms with Crippen molar-refractivity contribution in [3.63, 3.8) is 0 Å². The standard InChI is InChI=1S/C15H23N3O3/c1-10-8-12(9-13(11(10)2)14(19)20)17-15(21)16-6-5-7-18(3)4/h8-9H,5-7H2,1-4H3,(H,19,20)(H2,16,17,21). The summed E-state index contributed by atoms with van der Waals surface area (Å²) in [6, 6.07) is 2.92. The number of amides is 2. The molecule has 6 heteroatoms. The first-order chi connectivity index (χ1) is 9.81. The smallest absolute Gasteiger partial charge is 0.336 e. The van der Waals surface area contributed by atoms with Crippen LogP contribution in [-0.4, -0.2) is 49.2 Å². The van der Waals surface area contributed by atoms with Gasteiger partial charge in [0.15, 0.2) is 0 Å².